The van der Waals surface area contributed by atoms with Crippen molar-refractivity contribution in [2.45, 2.75) is 26.3 Å². The highest BCUT2D eigenvalue weighted by atomic mass is 35.5. The first kappa shape index (κ1) is 24.5. The Morgan fingerprint density at radius 3 is 2.53 bits per heavy atom. The van der Waals surface area contributed by atoms with Crippen molar-refractivity contribution in [2.75, 3.05) is 16.8 Å². The molecule has 180 valence electrons. The van der Waals surface area contributed by atoms with Crippen molar-refractivity contribution in [1.29, 1.82) is 10.5 Å². The van der Waals surface area contributed by atoms with Gasteiger partial charge in [0.1, 0.15) is 23.3 Å². The van der Waals surface area contributed by atoms with Crippen LogP contribution in [0.1, 0.15) is 43.3 Å². The molecule has 10 nitrogen and oxygen atoms in total. The van der Waals surface area contributed by atoms with Crippen LogP contribution in [0.2, 0.25) is 5.02 Å². The quantitative estimate of drug-likeness (QED) is 0.355. The van der Waals surface area contributed by atoms with Gasteiger partial charge in [-0.3, -0.25) is 9.36 Å². The van der Waals surface area contributed by atoms with E-state index < -0.39 is 11.6 Å². The molecule has 0 aliphatic carbocycles. The number of nitrogens with zero attached hydrogens (tertiary/aromatic N) is 6. The summed E-state index contributed by atoms with van der Waals surface area (Å²) in [4.78, 5) is 26.7. The van der Waals surface area contributed by atoms with E-state index in [0.717, 1.165) is 0 Å². The first-order valence-corrected chi connectivity index (χ1v) is 11.4. The molecule has 0 saturated carbocycles. The SMILES string of the molecule is CC(C)CC(Nc1nc(N)nc(N)c1C#N)c1nc2cccc(Cl)c2c(=O)n1-c1cccc(C#N)c1. The third-order valence-electron chi connectivity index (χ3n) is 5.50. The van der Waals surface area contributed by atoms with Crippen LogP contribution in [0.15, 0.2) is 47.3 Å². The van der Waals surface area contributed by atoms with Crippen LogP contribution in [-0.2, 0) is 0 Å². The summed E-state index contributed by atoms with van der Waals surface area (Å²) in [6.45, 7) is 4.03. The molecule has 4 rings (SSSR count). The fraction of sp³-hybridized carbons (Fsp3) is 0.200. The van der Waals surface area contributed by atoms with Crippen molar-refractivity contribution in [3.8, 4) is 17.8 Å². The van der Waals surface area contributed by atoms with Crippen molar-refractivity contribution in [1.82, 2.24) is 19.5 Å². The molecule has 0 amide bonds. The number of hydrogen-bond acceptors (Lipinski definition) is 9. The lowest BCUT2D eigenvalue weighted by Crippen LogP contribution is -2.29. The molecule has 0 bridgehead atoms. The lowest BCUT2D eigenvalue weighted by atomic mass is 10.0. The highest BCUT2D eigenvalue weighted by Gasteiger charge is 2.25. The first-order chi connectivity index (χ1) is 17.2. The van der Waals surface area contributed by atoms with Gasteiger partial charge in [0.2, 0.25) is 5.95 Å². The molecule has 5 N–H and O–H groups in total. The van der Waals surface area contributed by atoms with Gasteiger partial charge in [-0.05, 0) is 42.7 Å². The molecule has 2 aromatic heterocycles. The van der Waals surface area contributed by atoms with Gasteiger partial charge < -0.3 is 16.8 Å². The fourth-order valence-corrected chi connectivity index (χ4v) is 4.23. The molecule has 0 spiro atoms. The van der Waals surface area contributed by atoms with Crippen molar-refractivity contribution >= 4 is 40.1 Å². The molecule has 0 aliphatic rings. The lowest BCUT2D eigenvalue weighted by molar-refractivity contribution is 0.506. The number of fused-ring (bicyclic) bond motifs is 1. The van der Waals surface area contributed by atoms with Gasteiger partial charge in [0, 0.05) is 0 Å². The topological polar surface area (TPSA) is 172 Å². The monoisotopic (exact) mass is 499 g/mol. The smallest absolute Gasteiger partial charge is 0.267 e. The number of nitrogen functional groups attached to an aromatic ring is 2. The molecule has 2 heterocycles. The average molecular weight is 500 g/mol. The van der Waals surface area contributed by atoms with E-state index >= 15 is 0 Å². The molecule has 2 aromatic carbocycles. The Morgan fingerprint density at radius 1 is 1.08 bits per heavy atom. The molecular weight excluding hydrogens is 478 g/mol. The maximum Gasteiger partial charge on any atom is 0.267 e. The zero-order valence-corrected chi connectivity index (χ0v) is 20.3. The van der Waals surface area contributed by atoms with Gasteiger partial charge in [-0.1, -0.05) is 37.6 Å². The van der Waals surface area contributed by atoms with E-state index in [2.05, 4.69) is 21.4 Å². The third kappa shape index (κ3) is 4.63. The maximum atomic E-state index is 13.9. The highest BCUT2D eigenvalue weighted by molar-refractivity contribution is 6.35. The van der Waals surface area contributed by atoms with E-state index in [4.69, 9.17) is 28.1 Å². The molecule has 1 unspecified atom stereocenters. The van der Waals surface area contributed by atoms with E-state index in [-0.39, 0.29) is 39.5 Å². The molecule has 0 saturated heterocycles. The van der Waals surface area contributed by atoms with Crippen molar-refractivity contribution in [3.05, 3.63) is 74.8 Å². The van der Waals surface area contributed by atoms with E-state index in [1.54, 1.807) is 42.5 Å². The normalized spacial score (nSPS) is 11.7. The molecule has 0 fully saturated rings. The Morgan fingerprint density at radius 2 is 1.83 bits per heavy atom. The fourth-order valence-electron chi connectivity index (χ4n) is 3.98. The number of halogens is 1. The van der Waals surface area contributed by atoms with Gasteiger partial charge >= 0.3 is 0 Å². The Balaban J connectivity index is 2.03. The number of benzene rings is 2. The van der Waals surface area contributed by atoms with Crippen LogP contribution in [0.3, 0.4) is 0 Å². The number of aromatic nitrogens is 4. The highest BCUT2D eigenvalue weighted by Crippen LogP contribution is 2.30. The van der Waals surface area contributed by atoms with Gasteiger partial charge in [0.25, 0.3) is 5.56 Å². The van der Waals surface area contributed by atoms with Gasteiger partial charge in [0.15, 0.2) is 5.82 Å². The minimum atomic E-state index is -0.604. The molecule has 1 atom stereocenters. The third-order valence-corrected chi connectivity index (χ3v) is 5.82. The van der Waals surface area contributed by atoms with Crippen LogP contribution in [0, 0.1) is 28.6 Å². The Labute approximate surface area is 211 Å². The summed E-state index contributed by atoms with van der Waals surface area (Å²) in [5, 5.41) is 22.8. The predicted octanol–water partition coefficient (Wildman–Crippen LogP) is 3.94. The molecule has 11 heteroatoms. The summed E-state index contributed by atoms with van der Waals surface area (Å²) in [6, 6.07) is 15.2. The summed E-state index contributed by atoms with van der Waals surface area (Å²) in [5.74, 6) is 0.461. The summed E-state index contributed by atoms with van der Waals surface area (Å²) >= 11 is 6.40. The van der Waals surface area contributed by atoms with E-state index in [1.165, 1.54) is 4.57 Å². The van der Waals surface area contributed by atoms with Gasteiger partial charge in [-0.25, -0.2) is 4.98 Å². The maximum absolute atomic E-state index is 13.9. The number of anilines is 3. The van der Waals surface area contributed by atoms with Crippen LogP contribution >= 0.6 is 11.6 Å². The molecule has 0 radical (unpaired) electrons. The molecule has 36 heavy (non-hydrogen) atoms. The minimum Gasteiger partial charge on any atom is -0.382 e. The molecule has 4 aromatic rings. The van der Waals surface area contributed by atoms with Crippen molar-refractivity contribution in [2.24, 2.45) is 5.92 Å². The lowest BCUT2D eigenvalue weighted by Gasteiger charge is -2.25. The van der Waals surface area contributed by atoms with E-state index in [9.17, 15) is 15.3 Å². The molecular formula is C25H22ClN9O. The average Bonchev–Trinajstić information content (AvgIpc) is 2.83. The zero-order chi connectivity index (χ0) is 26.0. The Bertz CT molecular complexity index is 1620. The van der Waals surface area contributed by atoms with Crippen molar-refractivity contribution in [3.63, 3.8) is 0 Å². The predicted molar refractivity (Wildman–Crippen MR) is 138 cm³/mol. The van der Waals surface area contributed by atoms with E-state index in [0.29, 0.717) is 29.0 Å². The van der Waals surface area contributed by atoms with Crippen LogP contribution in [0.25, 0.3) is 16.6 Å². The number of nitrogens with two attached hydrogens (primary N) is 2. The van der Waals surface area contributed by atoms with E-state index in [1.807, 2.05) is 19.9 Å². The Hall–Kier alpha value is -4.67. The summed E-state index contributed by atoms with van der Waals surface area (Å²) < 4.78 is 1.43. The van der Waals surface area contributed by atoms with Crippen LogP contribution in [0.5, 0.6) is 0 Å². The van der Waals surface area contributed by atoms with Gasteiger partial charge in [-0.15, -0.1) is 0 Å². The second kappa shape index (κ2) is 9.90. The van der Waals surface area contributed by atoms with Gasteiger partial charge in [0.05, 0.1) is 39.3 Å². The van der Waals surface area contributed by atoms with Crippen LogP contribution < -0.4 is 22.3 Å². The van der Waals surface area contributed by atoms with Crippen LogP contribution in [-0.4, -0.2) is 19.5 Å². The largest absolute Gasteiger partial charge is 0.382 e. The van der Waals surface area contributed by atoms with Crippen LogP contribution in [0.4, 0.5) is 17.6 Å². The second-order valence-electron chi connectivity index (χ2n) is 8.54. The minimum absolute atomic E-state index is 0.0298. The summed E-state index contributed by atoms with van der Waals surface area (Å²) in [6.07, 6.45) is 0.505. The first-order valence-electron chi connectivity index (χ1n) is 11.0. The number of nitrogens with one attached hydrogen (secondary N) is 1. The Kier molecular flexibility index (Phi) is 6.73. The summed E-state index contributed by atoms with van der Waals surface area (Å²) in [5.41, 5.74) is 12.6. The second-order valence-corrected chi connectivity index (χ2v) is 8.94. The molecule has 0 aliphatic heterocycles. The number of rotatable bonds is 6. The number of nitriles is 2. The van der Waals surface area contributed by atoms with Crippen molar-refractivity contribution < 1.29 is 0 Å². The zero-order valence-electron chi connectivity index (χ0n) is 19.5. The summed E-state index contributed by atoms with van der Waals surface area (Å²) in [7, 11) is 0. The standard InChI is InChI=1S/C25H22ClN9O/c1-13(2)9-19(31-22-16(12-28)21(29)33-25(30)34-22)23-32-18-8-4-7-17(26)20(18)24(36)35(23)15-6-3-5-14(10-15)11-27/h3-8,10,13,19H,9H2,1-2H3,(H5,29,30,31,33,34). The van der Waals surface area contributed by atoms with Gasteiger partial charge in [-0.2, -0.15) is 20.5 Å². The number of hydrogen-bond donors (Lipinski definition) is 3.